The molecule has 0 aliphatic carbocycles. The maximum absolute atomic E-state index is 12.3. The molecule has 0 fully saturated rings. The Morgan fingerprint density at radius 3 is 2.48 bits per heavy atom. The normalized spacial score (nSPS) is 11.5. The lowest BCUT2D eigenvalue weighted by Crippen LogP contribution is -2.09. The molecule has 0 aliphatic heterocycles. The standard InChI is InChI=1S/C16H19NO2S2/c1-13-5-7-15(8-6-13)20-9-10-21(18,19)16-4-2-3-14(11-16)12-17/h2-8,11H,9-10,12,17H2,1H3. The van der Waals surface area contributed by atoms with Crippen molar-refractivity contribution in [3.05, 3.63) is 59.7 Å². The van der Waals surface area contributed by atoms with Crippen LogP contribution in [0.4, 0.5) is 0 Å². The van der Waals surface area contributed by atoms with E-state index >= 15 is 0 Å². The van der Waals surface area contributed by atoms with Gasteiger partial charge in [-0.1, -0.05) is 29.8 Å². The fourth-order valence-electron chi connectivity index (χ4n) is 1.89. The van der Waals surface area contributed by atoms with Crippen LogP contribution in [0.5, 0.6) is 0 Å². The van der Waals surface area contributed by atoms with Crippen molar-refractivity contribution in [1.82, 2.24) is 0 Å². The van der Waals surface area contributed by atoms with Gasteiger partial charge in [0.25, 0.3) is 0 Å². The Hall–Kier alpha value is -1.30. The van der Waals surface area contributed by atoms with Gasteiger partial charge in [0, 0.05) is 17.2 Å². The molecule has 2 aromatic rings. The van der Waals surface area contributed by atoms with Crippen molar-refractivity contribution in [1.29, 1.82) is 0 Å². The fourth-order valence-corrected chi connectivity index (χ4v) is 4.52. The Balaban J connectivity index is 1.99. The van der Waals surface area contributed by atoms with E-state index in [2.05, 4.69) is 0 Å². The predicted molar refractivity (Wildman–Crippen MR) is 88.3 cm³/mol. The van der Waals surface area contributed by atoms with E-state index in [0.717, 1.165) is 10.5 Å². The van der Waals surface area contributed by atoms with E-state index < -0.39 is 9.84 Å². The minimum absolute atomic E-state index is 0.125. The van der Waals surface area contributed by atoms with Gasteiger partial charge in [-0.2, -0.15) is 0 Å². The average molecular weight is 321 g/mol. The van der Waals surface area contributed by atoms with Crippen molar-refractivity contribution in [2.75, 3.05) is 11.5 Å². The van der Waals surface area contributed by atoms with Crippen molar-refractivity contribution in [3.8, 4) is 0 Å². The van der Waals surface area contributed by atoms with Crippen molar-refractivity contribution in [2.24, 2.45) is 5.73 Å². The number of benzene rings is 2. The van der Waals surface area contributed by atoms with Crippen molar-refractivity contribution in [3.63, 3.8) is 0 Å². The van der Waals surface area contributed by atoms with Gasteiger partial charge in [0.15, 0.2) is 9.84 Å². The number of sulfone groups is 1. The highest BCUT2D eigenvalue weighted by molar-refractivity contribution is 8.00. The van der Waals surface area contributed by atoms with Gasteiger partial charge in [-0.25, -0.2) is 8.42 Å². The van der Waals surface area contributed by atoms with E-state index in [4.69, 9.17) is 5.73 Å². The van der Waals surface area contributed by atoms with Gasteiger partial charge in [-0.05, 0) is 36.8 Å². The molecule has 0 aromatic heterocycles. The molecule has 2 rings (SSSR count). The lowest BCUT2D eigenvalue weighted by Gasteiger charge is -2.06. The summed E-state index contributed by atoms with van der Waals surface area (Å²) in [5.41, 5.74) is 7.59. The van der Waals surface area contributed by atoms with E-state index in [1.807, 2.05) is 37.3 Å². The molecule has 0 bridgehead atoms. The lowest BCUT2D eigenvalue weighted by atomic mass is 10.2. The molecule has 21 heavy (non-hydrogen) atoms. The highest BCUT2D eigenvalue weighted by Gasteiger charge is 2.14. The zero-order chi connectivity index (χ0) is 15.3. The van der Waals surface area contributed by atoms with Gasteiger partial charge in [-0.15, -0.1) is 11.8 Å². The topological polar surface area (TPSA) is 60.2 Å². The zero-order valence-electron chi connectivity index (χ0n) is 12.0. The van der Waals surface area contributed by atoms with E-state index in [1.54, 1.807) is 30.0 Å². The summed E-state index contributed by atoms with van der Waals surface area (Å²) in [6.45, 7) is 2.38. The van der Waals surface area contributed by atoms with Gasteiger partial charge in [-0.3, -0.25) is 0 Å². The fraction of sp³-hybridized carbons (Fsp3) is 0.250. The van der Waals surface area contributed by atoms with Crippen molar-refractivity contribution in [2.45, 2.75) is 23.3 Å². The second-order valence-electron chi connectivity index (χ2n) is 4.83. The zero-order valence-corrected chi connectivity index (χ0v) is 13.6. The van der Waals surface area contributed by atoms with Crippen molar-refractivity contribution < 1.29 is 8.42 Å². The number of aryl methyl sites for hydroxylation is 1. The van der Waals surface area contributed by atoms with Crippen LogP contribution in [0.3, 0.4) is 0 Å². The Labute approximate surface area is 130 Å². The van der Waals surface area contributed by atoms with Crippen LogP contribution < -0.4 is 5.73 Å². The summed E-state index contributed by atoms with van der Waals surface area (Å²) in [6.07, 6.45) is 0. The third-order valence-electron chi connectivity index (χ3n) is 3.14. The molecule has 0 spiro atoms. The molecule has 0 radical (unpaired) electrons. The summed E-state index contributed by atoms with van der Waals surface area (Å²) in [4.78, 5) is 1.45. The molecule has 0 saturated heterocycles. The summed E-state index contributed by atoms with van der Waals surface area (Å²) in [7, 11) is -3.25. The van der Waals surface area contributed by atoms with Crippen LogP contribution in [0.2, 0.25) is 0 Å². The monoisotopic (exact) mass is 321 g/mol. The molecule has 0 amide bonds. The van der Waals surface area contributed by atoms with E-state index in [1.165, 1.54) is 5.56 Å². The summed E-state index contributed by atoms with van der Waals surface area (Å²) in [5, 5.41) is 0. The SMILES string of the molecule is Cc1ccc(SCCS(=O)(=O)c2cccc(CN)c2)cc1. The average Bonchev–Trinajstić information content (AvgIpc) is 2.49. The number of rotatable bonds is 6. The van der Waals surface area contributed by atoms with Crippen LogP contribution >= 0.6 is 11.8 Å². The molecule has 5 heteroatoms. The van der Waals surface area contributed by atoms with E-state index in [-0.39, 0.29) is 5.75 Å². The van der Waals surface area contributed by atoms with Crippen LogP contribution in [0.1, 0.15) is 11.1 Å². The minimum Gasteiger partial charge on any atom is -0.326 e. The van der Waals surface area contributed by atoms with Crippen LogP contribution in [0.25, 0.3) is 0 Å². The van der Waals surface area contributed by atoms with Crippen LogP contribution in [0.15, 0.2) is 58.3 Å². The Morgan fingerprint density at radius 2 is 1.81 bits per heavy atom. The van der Waals surface area contributed by atoms with Gasteiger partial charge in [0.05, 0.1) is 10.6 Å². The highest BCUT2D eigenvalue weighted by atomic mass is 32.2. The maximum Gasteiger partial charge on any atom is 0.179 e. The molecule has 0 heterocycles. The number of hydrogen-bond acceptors (Lipinski definition) is 4. The molecule has 0 saturated carbocycles. The Kier molecular flexibility index (Phi) is 5.45. The van der Waals surface area contributed by atoms with Gasteiger partial charge >= 0.3 is 0 Å². The lowest BCUT2D eigenvalue weighted by molar-refractivity contribution is 0.597. The first-order valence-corrected chi connectivity index (χ1v) is 9.36. The molecule has 3 nitrogen and oxygen atoms in total. The first kappa shape index (κ1) is 16.1. The van der Waals surface area contributed by atoms with Gasteiger partial charge < -0.3 is 5.73 Å². The smallest absolute Gasteiger partial charge is 0.179 e. The third kappa shape index (κ3) is 4.59. The summed E-state index contributed by atoms with van der Waals surface area (Å²) in [6, 6.07) is 15.0. The second-order valence-corrected chi connectivity index (χ2v) is 8.11. The van der Waals surface area contributed by atoms with Gasteiger partial charge in [0.2, 0.25) is 0 Å². The minimum atomic E-state index is -3.25. The number of nitrogens with two attached hydrogens (primary N) is 1. The van der Waals surface area contributed by atoms with Gasteiger partial charge in [0.1, 0.15) is 0 Å². The molecular weight excluding hydrogens is 302 g/mol. The summed E-state index contributed by atoms with van der Waals surface area (Å²) < 4.78 is 24.6. The van der Waals surface area contributed by atoms with E-state index in [9.17, 15) is 8.42 Å². The largest absolute Gasteiger partial charge is 0.326 e. The van der Waals surface area contributed by atoms with Crippen LogP contribution in [-0.2, 0) is 16.4 Å². The molecule has 112 valence electrons. The number of hydrogen-bond donors (Lipinski definition) is 1. The quantitative estimate of drug-likeness (QED) is 0.831. The van der Waals surface area contributed by atoms with E-state index in [0.29, 0.717) is 17.2 Å². The third-order valence-corrected chi connectivity index (χ3v) is 6.12. The summed E-state index contributed by atoms with van der Waals surface area (Å²) >= 11 is 1.56. The Morgan fingerprint density at radius 1 is 1.10 bits per heavy atom. The maximum atomic E-state index is 12.3. The summed E-state index contributed by atoms with van der Waals surface area (Å²) in [5.74, 6) is 0.664. The Bertz CT molecular complexity index is 694. The predicted octanol–water partition coefficient (Wildman–Crippen LogP) is 3.02. The number of thioether (sulfide) groups is 1. The molecule has 0 unspecified atom stereocenters. The van der Waals surface area contributed by atoms with Crippen LogP contribution in [0, 0.1) is 6.92 Å². The molecule has 2 aromatic carbocycles. The molecule has 0 atom stereocenters. The molecule has 2 N–H and O–H groups in total. The van der Waals surface area contributed by atoms with Crippen LogP contribution in [-0.4, -0.2) is 19.9 Å². The molecule has 0 aliphatic rings. The first-order valence-electron chi connectivity index (χ1n) is 6.72. The van der Waals surface area contributed by atoms with Crippen molar-refractivity contribution >= 4 is 21.6 Å². The molecular formula is C16H19NO2S2. The second kappa shape index (κ2) is 7.11. The first-order chi connectivity index (χ1) is 10.0. The highest BCUT2D eigenvalue weighted by Crippen LogP contribution is 2.20.